The number of sulfonamides is 1. The number of piperazine rings is 1. The molecule has 0 spiro atoms. The fourth-order valence-corrected chi connectivity index (χ4v) is 3.82. The number of benzene rings is 1. The van der Waals surface area contributed by atoms with E-state index in [1.807, 2.05) is 6.07 Å². The van der Waals surface area contributed by atoms with Crippen LogP contribution >= 0.6 is 0 Å². The zero-order valence-electron chi connectivity index (χ0n) is 10.3. The average molecular weight is 281 g/mol. The van der Waals surface area contributed by atoms with Crippen molar-refractivity contribution in [1.82, 2.24) is 9.62 Å². The summed E-state index contributed by atoms with van der Waals surface area (Å²) in [6.45, 7) is 1.41. The van der Waals surface area contributed by atoms with Crippen LogP contribution in [-0.2, 0) is 21.2 Å². The highest BCUT2D eigenvalue weighted by atomic mass is 32.2. The van der Waals surface area contributed by atoms with Crippen LogP contribution in [0.2, 0.25) is 0 Å². The summed E-state index contributed by atoms with van der Waals surface area (Å²) in [5.74, 6) is -0.255. The lowest BCUT2D eigenvalue weighted by atomic mass is 10.2. The lowest BCUT2D eigenvalue weighted by molar-refractivity contribution is -0.122. The lowest BCUT2D eigenvalue weighted by Crippen LogP contribution is -2.49. The van der Waals surface area contributed by atoms with Crippen molar-refractivity contribution in [3.63, 3.8) is 0 Å². The van der Waals surface area contributed by atoms with Gasteiger partial charge in [-0.05, 0) is 24.1 Å². The van der Waals surface area contributed by atoms with Crippen LogP contribution in [0.3, 0.4) is 0 Å². The molecule has 2 aliphatic heterocycles. The first-order valence-electron chi connectivity index (χ1n) is 6.21. The molecule has 1 aromatic carbocycles. The molecule has 19 heavy (non-hydrogen) atoms. The minimum absolute atomic E-state index is 0.104. The molecule has 0 aromatic heterocycles. The van der Waals surface area contributed by atoms with Gasteiger partial charge in [0.1, 0.15) is 0 Å². The van der Waals surface area contributed by atoms with E-state index in [1.54, 1.807) is 12.1 Å². The summed E-state index contributed by atoms with van der Waals surface area (Å²) in [4.78, 5) is 11.6. The second kappa shape index (κ2) is 4.50. The number of fused-ring (bicyclic) bond motifs is 1. The van der Waals surface area contributed by atoms with Crippen molar-refractivity contribution < 1.29 is 13.2 Å². The first-order valence-corrected chi connectivity index (χ1v) is 7.65. The molecule has 2 N–H and O–H groups in total. The average Bonchev–Trinajstić information content (AvgIpc) is 2.85. The summed E-state index contributed by atoms with van der Waals surface area (Å²) < 4.78 is 26.1. The number of carbonyl (C=O) groups excluding carboxylic acids is 1. The summed E-state index contributed by atoms with van der Waals surface area (Å²) in [7, 11) is -3.58. The molecule has 0 saturated carbocycles. The van der Waals surface area contributed by atoms with E-state index in [4.69, 9.17) is 0 Å². The molecular weight excluding hydrogens is 266 g/mol. The van der Waals surface area contributed by atoms with Gasteiger partial charge >= 0.3 is 0 Å². The summed E-state index contributed by atoms with van der Waals surface area (Å²) in [6, 6.07) is 5.12. The molecule has 2 heterocycles. The summed E-state index contributed by atoms with van der Waals surface area (Å²) >= 11 is 0. The van der Waals surface area contributed by atoms with Gasteiger partial charge in [-0.25, -0.2) is 8.42 Å². The molecule has 0 atom stereocenters. The first kappa shape index (κ1) is 12.4. The maximum atomic E-state index is 12.5. The number of nitrogens with zero attached hydrogens (tertiary/aromatic N) is 1. The number of hydrogen-bond acceptors (Lipinski definition) is 4. The minimum atomic E-state index is -3.58. The van der Waals surface area contributed by atoms with Crippen LogP contribution in [0.5, 0.6) is 0 Å². The molecule has 1 amide bonds. The Kier molecular flexibility index (Phi) is 2.94. The van der Waals surface area contributed by atoms with Gasteiger partial charge in [-0.1, -0.05) is 6.07 Å². The molecule has 6 nitrogen and oxygen atoms in total. The van der Waals surface area contributed by atoms with Crippen LogP contribution in [0.4, 0.5) is 5.69 Å². The molecule has 0 unspecified atom stereocenters. The fourth-order valence-electron chi connectivity index (χ4n) is 2.40. The van der Waals surface area contributed by atoms with Crippen molar-refractivity contribution in [1.29, 1.82) is 0 Å². The molecule has 0 radical (unpaired) electrons. The van der Waals surface area contributed by atoms with Crippen LogP contribution in [0.25, 0.3) is 0 Å². The molecule has 0 bridgehead atoms. The SMILES string of the molecule is O=C1CN(S(=O)(=O)c2ccc3c(c2)NCC3)CCN1. The number of anilines is 1. The molecule has 1 saturated heterocycles. The van der Waals surface area contributed by atoms with E-state index in [0.29, 0.717) is 13.1 Å². The number of amides is 1. The van der Waals surface area contributed by atoms with Gasteiger partial charge in [0.2, 0.25) is 15.9 Å². The monoisotopic (exact) mass is 281 g/mol. The van der Waals surface area contributed by atoms with E-state index in [9.17, 15) is 13.2 Å². The molecular formula is C12H15N3O3S. The fraction of sp³-hybridized carbons (Fsp3) is 0.417. The van der Waals surface area contributed by atoms with E-state index in [0.717, 1.165) is 24.2 Å². The Bertz CT molecular complexity index is 627. The van der Waals surface area contributed by atoms with Crippen LogP contribution in [0, 0.1) is 0 Å². The Morgan fingerprint density at radius 1 is 1.16 bits per heavy atom. The van der Waals surface area contributed by atoms with Gasteiger partial charge in [0.25, 0.3) is 0 Å². The molecule has 3 rings (SSSR count). The normalized spacial score (nSPS) is 19.7. The van der Waals surface area contributed by atoms with Gasteiger partial charge in [0, 0.05) is 25.3 Å². The maximum absolute atomic E-state index is 12.5. The summed E-state index contributed by atoms with van der Waals surface area (Å²) in [6.07, 6.45) is 0.918. The Labute approximate surface area is 111 Å². The number of carbonyl (C=O) groups is 1. The van der Waals surface area contributed by atoms with Crippen molar-refractivity contribution in [2.24, 2.45) is 0 Å². The second-order valence-electron chi connectivity index (χ2n) is 4.68. The first-order chi connectivity index (χ1) is 9.07. The third-order valence-corrected chi connectivity index (χ3v) is 5.27. The summed E-state index contributed by atoms with van der Waals surface area (Å²) in [5, 5.41) is 5.78. The standard InChI is InChI=1S/C12H15N3O3S/c16-12-8-15(6-5-14-12)19(17,18)10-2-1-9-3-4-13-11(9)7-10/h1-2,7,13H,3-6,8H2,(H,14,16). The second-order valence-corrected chi connectivity index (χ2v) is 6.62. The van der Waals surface area contributed by atoms with Gasteiger partial charge < -0.3 is 10.6 Å². The highest BCUT2D eigenvalue weighted by molar-refractivity contribution is 7.89. The molecule has 1 aromatic rings. The van der Waals surface area contributed by atoms with Gasteiger partial charge in [-0.2, -0.15) is 4.31 Å². The van der Waals surface area contributed by atoms with Crippen LogP contribution in [0.15, 0.2) is 23.1 Å². The minimum Gasteiger partial charge on any atom is -0.384 e. The number of nitrogens with one attached hydrogen (secondary N) is 2. The van der Waals surface area contributed by atoms with E-state index in [-0.39, 0.29) is 17.3 Å². The summed E-state index contributed by atoms with van der Waals surface area (Å²) in [5.41, 5.74) is 2.01. The number of hydrogen-bond donors (Lipinski definition) is 2. The van der Waals surface area contributed by atoms with Crippen molar-refractivity contribution >= 4 is 21.6 Å². The van der Waals surface area contributed by atoms with Crippen LogP contribution in [0.1, 0.15) is 5.56 Å². The highest BCUT2D eigenvalue weighted by Gasteiger charge is 2.29. The molecule has 1 fully saturated rings. The smallest absolute Gasteiger partial charge is 0.243 e. The van der Waals surface area contributed by atoms with Crippen molar-refractivity contribution in [2.75, 3.05) is 31.5 Å². The quantitative estimate of drug-likeness (QED) is 0.785. The van der Waals surface area contributed by atoms with E-state index in [1.165, 1.54) is 4.31 Å². The Balaban J connectivity index is 1.93. The zero-order chi connectivity index (χ0) is 13.5. The van der Waals surface area contributed by atoms with Gasteiger partial charge in [0.05, 0.1) is 11.4 Å². The van der Waals surface area contributed by atoms with Gasteiger partial charge in [0.15, 0.2) is 0 Å². The van der Waals surface area contributed by atoms with Gasteiger partial charge in [-0.3, -0.25) is 4.79 Å². The maximum Gasteiger partial charge on any atom is 0.243 e. The molecule has 102 valence electrons. The van der Waals surface area contributed by atoms with Crippen molar-refractivity contribution in [2.45, 2.75) is 11.3 Å². The van der Waals surface area contributed by atoms with Crippen LogP contribution in [-0.4, -0.2) is 44.8 Å². The Morgan fingerprint density at radius 2 is 2.00 bits per heavy atom. The third kappa shape index (κ3) is 2.19. The van der Waals surface area contributed by atoms with E-state index < -0.39 is 10.0 Å². The third-order valence-electron chi connectivity index (χ3n) is 3.43. The zero-order valence-corrected chi connectivity index (χ0v) is 11.2. The molecule has 7 heteroatoms. The van der Waals surface area contributed by atoms with E-state index in [2.05, 4.69) is 10.6 Å². The van der Waals surface area contributed by atoms with E-state index >= 15 is 0 Å². The Hall–Kier alpha value is -1.60. The topological polar surface area (TPSA) is 78.5 Å². The largest absolute Gasteiger partial charge is 0.384 e. The molecule has 2 aliphatic rings. The number of rotatable bonds is 2. The van der Waals surface area contributed by atoms with Gasteiger partial charge in [-0.15, -0.1) is 0 Å². The highest BCUT2D eigenvalue weighted by Crippen LogP contribution is 2.27. The van der Waals surface area contributed by atoms with Crippen LogP contribution < -0.4 is 10.6 Å². The van der Waals surface area contributed by atoms with Crippen molar-refractivity contribution in [3.8, 4) is 0 Å². The van der Waals surface area contributed by atoms with Crippen molar-refractivity contribution in [3.05, 3.63) is 23.8 Å². The predicted octanol–water partition coefficient (Wildman–Crippen LogP) is -0.225. The predicted molar refractivity (Wildman–Crippen MR) is 70.4 cm³/mol. The lowest BCUT2D eigenvalue weighted by Gasteiger charge is -2.26. The Morgan fingerprint density at radius 3 is 2.79 bits per heavy atom. The molecule has 0 aliphatic carbocycles.